The molecule has 3 atom stereocenters. The SMILES string of the molecule is COC[C@]1(C(N)=S)[C@H](c2cccc(F)c2)[C@H]1S(=O)(=O)c1ccc(C)cc1. The van der Waals surface area contributed by atoms with Gasteiger partial charge in [0.05, 0.1) is 27.2 Å². The van der Waals surface area contributed by atoms with Crippen LogP contribution in [0.15, 0.2) is 53.4 Å². The van der Waals surface area contributed by atoms with Gasteiger partial charge in [-0.25, -0.2) is 12.8 Å². The molecular formula is C19H20FNO3S2. The fourth-order valence-corrected chi connectivity index (χ4v) is 6.45. The summed E-state index contributed by atoms with van der Waals surface area (Å²) in [5.74, 6) is -0.989. The summed E-state index contributed by atoms with van der Waals surface area (Å²) < 4.78 is 45.6. The summed E-state index contributed by atoms with van der Waals surface area (Å²) in [4.78, 5) is 0.262. The minimum Gasteiger partial charge on any atom is -0.393 e. The summed E-state index contributed by atoms with van der Waals surface area (Å²) in [5.41, 5.74) is 6.42. The normalized spacial score (nSPS) is 25.0. The van der Waals surface area contributed by atoms with E-state index in [1.54, 1.807) is 36.4 Å². The lowest BCUT2D eigenvalue weighted by Gasteiger charge is -2.16. The average molecular weight is 394 g/mol. The molecule has 0 saturated heterocycles. The highest BCUT2D eigenvalue weighted by atomic mass is 32.2. The number of hydrogen-bond donors (Lipinski definition) is 1. The Hall–Kier alpha value is -1.83. The van der Waals surface area contributed by atoms with E-state index in [0.29, 0.717) is 5.56 Å². The lowest BCUT2D eigenvalue weighted by atomic mass is 10.00. The van der Waals surface area contributed by atoms with E-state index in [9.17, 15) is 12.8 Å². The lowest BCUT2D eigenvalue weighted by Crippen LogP contribution is -2.33. The molecule has 7 heteroatoms. The maximum Gasteiger partial charge on any atom is 0.182 e. The lowest BCUT2D eigenvalue weighted by molar-refractivity contribution is 0.166. The van der Waals surface area contributed by atoms with Crippen molar-refractivity contribution in [1.82, 2.24) is 0 Å². The smallest absolute Gasteiger partial charge is 0.182 e. The zero-order valence-electron chi connectivity index (χ0n) is 14.5. The van der Waals surface area contributed by atoms with Crippen molar-refractivity contribution in [3.63, 3.8) is 0 Å². The number of ether oxygens (including phenoxy) is 1. The number of methoxy groups -OCH3 is 1. The number of aryl methyl sites for hydroxylation is 1. The van der Waals surface area contributed by atoms with Crippen molar-refractivity contribution in [3.8, 4) is 0 Å². The molecule has 2 aromatic rings. The summed E-state index contributed by atoms with van der Waals surface area (Å²) in [7, 11) is -2.27. The van der Waals surface area contributed by atoms with Gasteiger partial charge in [-0.1, -0.05) is 42.0 Å². The van der Waals surface area contributed by atoms with Gasteiger partial charge in [0, 0.05) is 13.0 Å². The van der Waals surface area contributed by atoms with Gasteiger partial charge >= 0.3 is 0 Å². The first-order valence-corrected chi connectivity index (χ1v) is 10.1. The van der Waals surface area contributed by atoms with E-state index in [1.165, 1.54) is 19.2 Å². The van der Waals surface area contributed by atoms with Crippen molar-refractivity contribution >= 4 is 27.0 Å². The number of rotatable bonds is 6. The number of nitrogens with two attached hydrogens (primary N) is 1. The van der Waals surface area contributed by atoms with Crippen LogP contribution < -0.4 is 5.73 Å². The maximum atomic E-state index is 13.7. The van der Waals surface area contributed by atoms with Gasteiger partial charge in [-0.05, 0) is 36.8 Å². The van der Waals surface area contributed by atoms with Gasteiger partial charge in [-0.3, -0.25) is 0 Å². The molecule has 0 heterocycles. The largest absolute Gasteiger partial charge is 0.393 e. The Bertz CT molecular complexity index is 944. The van der Waals surface area contributed by atoms with Crippen molar-refractivity contribution in [2.24, 2.45) is 11.1 Å². The van der Waals surface area contributed by atoms with Crippen LogP contribution >= 0.6 is 12.2 Å². The predicted octanol–water partition coefficient (Wildman–Crippen LogP) is 2.99. The number of benzene rings is 2. The number of thiocarbonyl (C=S) groups is 1. The number of halogens is 1. The molecule has 138 valence electrons. The highest BCUT2D eigenvalue weighted by Gasteiger charge is 2.73. The zero-order valence-corrected chi connectivity index (χ0v) is 16.1. The minimum absolute atomic E-state index is 0.0548. The van der Waals surface area contributed by atoms with E-state index in [1.807, 2.05) is 6.92 Å². The summed E-state index contributed by atoms with van der Waals surface area (Å²) >= 11 is 5.23. The second kappa shape index (κ2) is 6.72. The summed E-state index contributed by atoms with van der Waals surface area (Å²) in [6.07, 6.45) is 0. The molecule has 0 amide bonds. The fourth-order valence-electron chi connectivity index (χ4n) is 3.68. The van der Waals surface area contributed by atoms with Crippen molar-refractivity contribution in [3.05, 3.63) is 65.5 Å². The fraction of sp³-hybridized carbons (Fsp3) is 0.316. The van der Waals surface area contributed by atoms with Gasteiger partial charge in [0.1, 0.15) is 5.82 Å². The molecule has 1 fully saturated rings. The van der Waals surface area contributed by atoms with E-state index < -0.39 is 32.2 Å². The third-order valence-electron chi connectivity index (χ3n) is 4.99. The van der Waals surface area contributed by atoms with Crippen LogP contribution in [0.25, 0.3) is 0 Å². The molecule has 26 heavy (non-hydrogen) atoms. The van der Waals surface area contributed by atoms with Gasteiger partial charge in [0.25, 0.3) is 0 Å². The molecule has 3 rings (SSSR count). The van der Waals surface area contributed by atoms with Gasteiger partial charge in [-0.2, -0.15) is 0 Å². The van der Waals surface area contributed by atoms with Crippen LogP contribution in [0.3, 0.4) is 0 Å². The van der Waals surface area contributed by atoms with Gasteiger partial charge < -0.3 is 10.5 Å². The number of hydrogen-bond acceptors (Lipinski definition) is 4. The van der Waals surface area contributed by atoms with E-state index >= 15 is 0 Å². The Morgan fingerprint density at radius 3 is 2.46 bits per heavy atom. The molecule has 1 aliphatic carbocycles. The third-order valence-corrected chi connectivity index (χ3v) is 7.66. The molecule has 0 aliphatic heterocycles. The molecule has 0 spiro atoms. The summed E-state index contributed by atoms with van der Waals surface area (Å²) in [6, 6.07) is 12.5. The van der Waals surface area contributed by atoms with Crippen LogP contribution in [0, 0.1) is 18.2 Å². The summed E-state index contributed by atoms with van der Waals surface area (Å²) in [6.45, 7) is 1.94. The zero-order chi connectivity index (χ0) is 19.1. The van der Waals surface area contributed by atoms with E-state index in [0.717, 1.165) is 5.56 Å². The molecule has 0 bridgehead atoms. The average Bonchev–Trinajstić information content (AvgIpc) is 3.27. The Balaban J connectivity index is 2.13. The van der Waals surface area contributed by atoms with E-state index in [-0.39, 0.29) is 16.5 Å². The molecule has 2 aromatic carbocycles. The van der Waals surface area contributed by atoms with Gasteiger partial charge in [0.2, 0.25) is 0 Å². The van der Waals surface area contributed by atoms with Crippen LogP contribution in [-0.4, -0.2) is 32.4 Å². The monoisotopic (exact) mass is 393 g/mol. The first-order chi connectivity index (χ1) is 12.2. The second-order valence-electron chi connectivity index (χ2n) is 6.65. The molecule has 0 aromatic heterocycles. The van der Waals surface area contributed by atoms with Crippen LogP contribution in [-0.2, 0) is 14.6 Å². The van der Waals surface area contributed by atoms with Crippen molar-refractivity contribution in [1.29, 1.82) is 0 Å². The Morgan fingerprint density at radius 2 is 1.92 bits per heavy atom. The van der Waals surface area contributed by atoms with Crippen molar-refractivity contribution in [2.45, 2.75) is 23.0 Å². The highest BCUT2D eigenvalue weighted by Crippen LogP contribution is 2.64. The molecule has 1 saturated carbocycles. The standard InChI is InChI=1S/C19H20FNO3S2/c1-12-6-8-15(9-7-12)26(22,23)17-16(13-4-3-5-14(20)10-13)19(17,11-24-2)18(21)25/h3-10,16-17H,11H2,1-2H3,(H2,21,25)/t16-,17-,19+/m1/s1. The second-order valence-corrected chi connectivity index (χ2v) is 9.16. The number of sulfone groups is 1. The van der Waals surface area contributed by atoms with E-state index in [4.69, 9.17) is 22.7 Å². The molecular weight excluding hydrogens is 373 g/mol. The Kier molecular flexibility index (Phi) is 4.90. The van der Waals surface area contributed by atoms with Gasteiger partial charge in [-0.15, -0.1) is 0 Å². The predicted molar refractivity (Wildman–Crippen MR) is 102 cm³/mol. The van der Waals surface area contributed by atoms with Crippen molar-refractivity contribution in [2.75, 3.05) is 13.7 Å². The van der Waals surface area contributed by atoms with Crippen LogP contribution in [0.4, 0.5) is 4.39 Å². The van der Waals surface area contributed by atoms with E-state index in [2.05, 4.69) is 0 Å². The molecule has 0 unspecified atom stereocenters. The van der Waals surface area contributed by atoms with Crippen molar-refractivity contribution < 1.29 is 17.5 Å². The summed E-state index contributed by atoms with van der Waals surface area (Å²) in [5, 5.41) is -0.892. The Morgan fingerprint density at radius 1 is 1.27 bits per heavy atom. The van der Waals surface area contributed by atoms with Crippen LogP contribution in [0.2, 0.25) is 0 Å². The van der Waals surface area contributed by atoms with Gasteiger partial charge in [0.15, 0.2) is 9.84 Å². The molecule has 0 radical (unpaired) electrons. The van der Waals surface area contributed by atoms with Crippen LogP contribution in [0.5, 0.6) is 0 Å². The maximum absolute atomic E-state index is 13.7. The molecule has 4 nitrogen and oxygen atoms in total. The molecule has 2 N–H and O–H groups in total. The first kappa shape index (κ1) is 18.9. The topological polar surface area (TPSA) is 69.4 Å². The molecule has 1 aliphatic rings. The minimum atomic E-state index is -3.74. The first-order valence-electron chi connectivity index (χ1n) is 8.10. The highest BCUT2D eigenvalue weighted by molar-refractivity contribution is 7.92. The Labute approximate surface area is 158 Å². The third kappa shape index (κ3) is 2.94. The van der Waals surface area contributed by atoms with Crippen LogP contribution in [0.1, 0.15) is 17.0 Å². The quantitative estimate of drug-likeness (QED) is 0.764.